The van der Waals surface area contributed by atoms with Gasteiger partial charge in [0.15, 0.2) is 0 Å². The van der Waals surface area contributed by atoms with Crippen molar-refractivity contribution in [1.82, 2.24) is 16.0 Å². The highest BCUT2D eigenvalue weighted by Gasteiger charge is 1.93. The van der Waals surface area contributed by atoms with E-state index in [1.54, 1.807) is 0 Å². The van der Waals surface area contributed by atoms with Gasteiger partial charge in [0, 0.05) is 13.2 Å². The van der Waals surface area contributed by atoms with Crippen LogP contribution in [0.2, 0.25) is 0 Å². The van der Waals surface area contributed by atoms with E-state index < -0.39 is 0 Å². The van der Waals surface area contributed by atoms with Gasteiger partial charge < -0.3 is 25.4 Å². The number of hydrogen-bond donors (Lipinski definition) is 3. The van der Waals surface area contributed by atoms with Gasteiger partial charge in [-0.25, -0.2) is 0 Å². The van der Waals surface area contributed by atoms with E-state index in [0.29, 0.717) is 6.61 Å². The van der Waals surface area contributed by atoms with Gasteiger partial charge in [0.25, 0.3) is 0 Å². The Hall–Kier alpha value is -0.200. The molecule has 0 aliphatic carbocycles. The molecule has 0 fully saturated rings. The van der Waals surface area contributed by atoms with Crippen molar-refractivity contribution in [2.45, 2.75) is 235 Å². The summed E-state index contributed by atoms with van der Waals surface area (Å²) in [6.45, 7) is 21.9. The van der Waals surface area contributed by atoms with Crippen molar-refractivity contribution in [3.8, 4) is 0 Å². The van der Waals surface area contributed by atoms with E-state index in [0.717, 1.165) is 32.8 Å². The van der Waals surface area contributed by atoms with Crippen LogP contribution in [0.3, 0.4) is 0 Å². The first-order valence-corrected chi connectivity index (χ1v) is 23.2. The van der Waals surface area contributed by atoms with Crippen LogP contribution in [0.25, 0.3) is 0 Å². The van der Waals surface area contributed by atoms with Gasteiger partial charge in [-0.05, 0) is 53.5 Å². The van der Waals surface area contributed by atoms with E-state index in [1.807, 2.05) is 21.1 Å². The number of ether oxygens (including phenoxy) is 2. The zero-order valence-electron chi connectivity index (χ0n) is 37.8. The Labute approximate surface area is 326 Å². The van der Waals surface area contributed by atoms with Crippen molar-refractivity contribution in [3.63, 3.8) is 0 Å². The van der Waals surface area contributed by atoms with Gasteiger partial charge >= 0.3 is 0 Å². The van der Waals surface area contributed by atoms with Crippen LogP contribution >= 0.6 is 0 Å². The summed E-state index contributed by atoms with van der Waals surface area (Å²) in [5.41, 5.74) is 0. The Bertz CT molecular complexity index is 414. The molecule has 0 unspecified atom stereocenters. The molecule has 0 amide bonds. The molecule has 0 radical (unpaired) electrons. The van der Waals surface area contributed by atoms with Gasteiger partial charge in [-0.15, -0.1) is 0 Å². The van der Waals surface area contributed by atoms with Crippen LogP contribution in [0.5, 0.6) is 0 Å². The second-order valence-electron chi connectivity index (χ2n) is 14.3. The molecule has 5 heteroatoms. The first kappa shape index (κ1) is 60.1. The van der Waals surface area contributed by atoms with E-state index in [2.05, 4.69) is 64.4 Å². The van der Waals surface area contributed by atoms with Gasteiger partial charge in [-0.1, -0.05) is 215 Å². The molecular formula is C46H105N3O2. The van der Waals surface area contributed by atoms with Crippen LogP contribution in [-0.2, 0) is 9.47 Å². The third-order valence-corrected chi connectivity index (χ3v) is 8.69. The van der Waals surface area contributed by atoms with Gasteiger partial charge in [-0.3, -0.25) is 0 Å². The van der Waals surface area contributed by atoms with Crippen LogP contribution in [0.4, 0.5) is 0 Å². The zero-order chi connectivity index (χ0) is 39.0. The fraction of sp³-hybridized carbons (Fsp3) is 1.00. The monoisotopic (exact) mass is 732 g/mol. The van der Waals surface area contributed by atoms with E-state index in [9.17, 15) is 0 Å². The summed E-state index contributed by atoms with van der Waals surface area (Å²) in [6, 6.07) is 0. The number of unbranched alkanes of at least 4 members (excludes halogenated alkanes) is 24. The number of likely N-dealkylation sites (N-methyl/N-ethyl adjacent to an activating group) is 1. The first-order valence-electron chi connectivity index (χ1n) is 23.2. The summed E-state index contributed by atoms with van der Waals surface area (Å²) in [5.74, 6) is 0. The normalized spacial score (nSPS) is 10.2. The Morgan fingerprint density at radius 1 is 0.235 bits per heavy atom. The Balaban J connectivity index is -0.000000179. The molecule has 0 aliphatic rings. The molecule has 316 valence electrons. The van der Waals surface area contributed by atoms with Crippen LogP contribution in [0, 0.1) is 0 Å². The summed E-state index contributed by atoms with van der Waals surface area (Å²) < 4.78 is 10.5. The molecule has 0 atom stereocenters. The third-order valence-electron chi connectivity index (χ3n) is 8.69. The lowest BCUT2D eigenvalue weighted by molar-refractivity contribution is 0.0495. The molecule has 0 saturated carbocycles. The molecule has 3 N–H and O–H groups in total. The second-order valence-corrected chi connectivity index (χ2v) is 14.3. The van der Waals surface area contributed by atoms with Gasteiger partial charge in [-0.2, -0.15) is 0 Å². The molecule has 0 aromatic rings. The minimum Gasteiger partial charge on any atom is -0.379 e. The molecular weight excluding hydrogens is 627 g/mol. The Morgan fingerprint density at radius 2 is 0.490 bits per heavy atom. The quantitative estimate of drug-likeness (QED) is 0.0560. The van der Waals surface area contributed by atoms with E-state index in [-0.39, 0.29) is 0 Å². The van der Waals surface area contributed by atoms with Crippen molar-refractivity contribution < 1.29 is 9.47 Å². The summed E-state index contributed by atoms with van der Waals surface area (Å²) in [5, 5.41) is 9.32. The number of nitrogens with one attached hydrogen (secondary N) is 3. The molecule has 0 aliphatic heterocycles. The Morgan fingerprint density at radius 3 is 0.725 bits per heavy atom. The molecule has 51 heavy (non-hydrogen) atoms. The van der Waals surface area contributed by atoms with Crippen molar-refractivity contribution in [3.05, 3.63) is 0 Å². The predicted octanol–water partition coefficient (Wildman–Crippen LogP) is 14.1. The van der Waals surface area contributed by atoms with E-state index in [4.69, 9.17) is 9.47 Å². The van der Waals surface area contributed by atoms with Crippen LogP contribution in [-0.4, -0.2) is 67.2 Å². The molecule has 0 aromatic carbocycles. The van der Waals surface area contributed by atoms with Crippen molar-refractivity contribution in [2.24, 2.45) is 0 Å². The lowest BCUT2D eigenvalue weighted by atomic mass is 10.1. The van der Waals surface area contributed by atoms with Crippen molar-refractivity contribution >= 4 is 0 Å². The molecule has 0 spiro atoms. The summed E-state index contributed by atoms with van der Waals surface area (Å²) in [4.78, 5) is 0. The topological polar surface area (TPSA) is 54.5 Å². The van der Waals surface area contributed by atoms with Crippen molar-refractivity contribution in [1.29, 1.82) is 0 Å². The third kappa shape index (κ3) is 88.8. The van der Waals surface area contributed by atoms with Gasteiger partial charge in [0.2, 0.25) is 0 Å². The van der Waals surface area contributed by atoms with Crippen molar-refractivity contribution in [2.75, 3.05) is 67.2 Å². The lowest BCUT2D eigenvalue weighted by Crippen LogP contribution is -2.16. The second kappa shape index (κ2) is 71.2. The molecule has 0 rings (SSSR count). The van der Waals surface area contributed by atoms with E-state index >= 15 is 0 Å². The minimum absolute atomic E-state index is 0.710. The number of hydrogen-bond acceptors (Lipinski definition) is 5. The van der Waals surface area contributed by atoms with E-state index in [1.165, 1.54) is 193 Å². The number of rotatable bonds is 36. The largest absolute Gasteiger partial charge is 0.379 e. The predicted molar refractivity (Wildman–Crippen MR) is 237 cm³/mol. The fourth-order valence-electron chi connectivity index (χ4n) is 5.25. The zero-order valence-corrected chi connectivity index (χ0v) is 37.8. The molecule has 0 saturated heterocycles. The highest BCUT2D eigenvalue weighted by atomic mass is 16.5. The molecule has 5 nitrogen and oxygen atoms in total. The van der Waals surface area contributed by atoms with Crippen LogP contribution < -0.4 is 16.0 Å². The maximum absolute atomic E-state index is 5.23. The smallest absolute Gasteiger partial charge is 0.0701 e. The molecule has 0 bridgehead atoms. The van der Waals surface area contributed by atoms with Gasteiger partial charge in [0.05, 0.1) is 19.8 Å². The highest BCUT2D eigenvalue weighted by molar-refractivity contribution is 4.49. The lowest BCUT2D eigenvalue weighted by Gasteiger charge is -2.03. The minimum atomic E-state index is 0.710. The molecule has 0 heterocycles. The Kier molecular flexibility index (Phi) is 83.9. The maximum Gasteiger partial charge on any atom is 0.0701 e. The maximum atomic E-state index is 5.23. The van der Waals surface area contributed by atoms with Crippen LogP contribution in [0.15, 0.2) is 0 Å². The molecule has 0 aromatic heterocycles. The summed E-state index contributed by atoms with van der Waals surface area (Å²) in [7, 11) is 5.95. The summed E-state index contributed by atoms with van der Waals surface area (Å²) in [6.07, 6.45) is 40.8. The summed E-state index contributed by atoms with van der Waals surface area (Å²) >= 11 is 0. The standard InChI is InChI=1S/C15H32.C10H23N.C8H19NO2.C8H19N.C5H12/c1-3-5-7-9-11-13-15-14-12-10-8-6-4-2;1-3-4-5-6-7-8-9-10-11-2;1-3-5-10-7-8-11-6-4-9-2;1-3-4-5-6-7-8-9-2;1-3-5-4-2/h3-15H2,1-2H3;11H,3-10H2,1-2H3;9H,3-8H2,1-2H3;9H,3-8H2,1-2H3;3-5H2,1-2H3. The van der Waals surface area contributed by atoms with Gasteiger partial charge in [0.1, 0.15) is 0 Å². The SMILES string of the molecule is CCCCC.CCCCCCCCCCCCCCC.CCCCCCCCCNC.CCCCCCCNC.CCCOCCOCCNC. The average molecular weight is 732 g/mol. The van der Waals surface area contributed by atoms with Crippen LogP contribution in [0.1, 0.15) is 235 Å². The fourth-order valence-corrected chi connectivity index (χ4v) is 5.25. The highest BCUT2D eigenvalue weighted by Crippen LogP contribution is 2.12. The first-order chi connectivity index (χ1) is 25.1. The average Bonchev–Trinajstić information content (AvgIpc) is 3.15.